The summed E-state index contributed by atoms with van der Waals surface area (Å²) < 4.78 is 21.0. The SMILES string of the molecule is CC(C)NC(=O)C1CCN(C(=O)c2ncn3c2COC(c2ccc(F)cc2)C3)CC1. The molecule has 8 heteroatoms. The topological polar surface area (TPSA) is 76.5 Å². The van der Waals surface area contributed by atoms with Crippen molar-refractivity contribution in [3.8, 4) is 0 Å². The number of carbonyl (C=O) groups excluding carboxylic acids is 2. The smallest absolute Gasteiger partial charge is 0.274 e. The molecule has 1 atom stereocenters. The van der Waals surface area contributed by atoms with Crippen LogP contribution in [0.2, 0.25) is 0 Å². The molecule has 0 bridgehead atoms. The average molecular weight is 414 g/mol. The Hall–Kier alpha value is -2.74. The lowest BCUT2D eigenvalue weighted by atomic mass is 9.95. The van der Waals surface area contributed by atoms with Gasteiger partial charge in [-0.25, -0.2) is 9.37 Å². The summed E-state index contributed by atoms with van der Waals surface area (Å²) in [7, 11) is 0. The second-order valence-corrected chi connectivity index (χ2v) is 8.27. The third-order valence-electron chi connectivity index (χ3n) is 5.76. The Kier molecular flexibility index (Phi) is 5.85. The van der Waals surface area contributed by atoms with E-state index in [2.05, 4.69) is 10.3 Å². The average Bonchev–Trinajstić information content (AvgIpc) is 3.16. The van der Waals surface area contributed by atoms with Crippen LogP contribution in [0, 0.1) is 11.7 Å². The number of ether oxygens (including phenoxy) is 1. The lowest BCUT2D eigenvalue weighted by molar-refractivity contribution is -0.126. The molecule has 1 aromatic carbocycles. The number of benzene rings is 1. The fraction of sp³-hybridized carbons (Fsp3) is 0.500. The maximum atomic E-state index is 13.2. The number of halogens is 1. The largest absolute Gasteiger partial charge is 0.365 e. The van der Waals surface area contributed by atoms with Crippen molar-refractivity contribution < 1.29 is 18.7 Å². The first-order chi connectivity index (χ1) is 14.4. The van der Waals surface area contributed by atoms with Gasteiger partial charge in [0.15, 0.2) is 5.69 Å². The number of carbonyl (C=O) groups is 2. The first-order valence-electron chi connectivity index (χ1n) is 10.4. The van der Waals surface area contributed by atoms with Gasteiger partial charge in [0.2, 0.25) is 5.91 Å². The number of amides is 2. The third-order valence-corrected chi connectivity index (χ3v) is 5.76. The molecule has 0 spiro atoms. The molecular formula is C22H27FN4O3. The number of likely N-dealkylation sites (tertiary alicyclic amines) is 1. The van der Waals surface area contributed by atoms with Crippen molar-refractivity contribution in [2.24, 2.45) is 5.92 Å². The highest BCUT2D eigenvalue weighted by molar-refractivity contribution is 5.93. The molecule has 3 heterocycles. The highest BCUT2D eigenvalue weighted by Gasteiger charge is 2.32. The Morgan fingerprint density at radius 2 is 1.90 bits per heavy atom. The summed E-state index contributed by atoms with van der Waals surface area (Å²) in [5.74, 6) is -0.379. The van der Waals surface area contributed by atoms with Crippen molar-refractivity contribution in [3.63, 3.8) is 0 Å². The number of nitrogens with zero attached hydrogens (tertiary/aromatic N) is 3. The van der Waals surface area contributed by atoms with Crippen LogP contribution < -0.4 is 5.32 Å². The number of hydrogen-bond donors (Lipinski definition) is 1. The standard InChI is InChI=1S/C22H27FN4O3/c1-14(2)25-21(28)16-7-9-26(10-8-16)22(29)20-18-12-30-19(11-27(18)13-24-20)15-3-5-17(23)6-4-15/h3-6,13-14,16,19H,7-12H2,1-2H3,(H,25,28). The molecule has 1 N–H and O–H groups in total. The van der Waals surface area contributed by atoms with E-state index in [0.29, 0.717) is 38.2 Å². The maximum absolute atomic E-state index is 13.2. The van der Waals surface area contributed by atoms with Gasteiger partial charge in [-0.05, 0) is 44.4 Å². The fourth-order valence-electron chi connectivity index (χ4n) is 4.08. The molecule has 0 aliphatic carbocycles. The predicted molar refractivity (Wildman–Crippen MR) is 108 cm³/mol. The Balaban J connectivity index is 1.39. The van der Waals surface area contributed by atoms with Crippen molar-refractivity contribution in [1.29, 1.82) is 0 Å². The van der Waals surface area contributed by atoms with E-state index in [1.807, 2.05) is 18.4 Å². The summed E-state index contributed by atoms with van der Waals surface area (Å²) in [5.41, 5.74) is 2.07. The normalized spacial score (nSPS) is 19.6. The number of hydrogen-bond acceptors (Lipinski definition) is 4. The van der Waals surface area contributed by atoms with Crippen LogP contribution in [0.25, 0.3) is 0 Å². The first kappa shape index (κ1) is 20.5. The molecule has 2 aliphatic rings. The molecular weight excluding hydrogens is 387 g/mol. The Morgan fingerprint density at radius 1 is 1.20 bits per heavy atom. The molecule has 1 unspecified atom stereocenters. The number of nitrogens with one attached hydrogen (secondary N) is 1. The number of piperidine rings is 1. The zero-order valence-electron chi connectivity index (χ0n) is 17.3. The second kappa shape index (κ2) is 8.55. The van der Waals surface area contributed by atoms with E-state index in [1.165, 1.54) is 12.1 Å². The molecule has 0 radical (unpaired) electrons. The van der Waals surface area contributed by atoms with Crippen molar-refractivity contribution in [2.75, 3.05) is 13.1 Å². The van der Waals surface area contributed by atoms with Gasteiger partial charge in [-0.3, -0.25) is 9.59 Å². The molecule has 2 aliphatic heterocycles. The van der Waals surface area contributed by atoms with Gasteiger partial charge in [-0.15, -0.1) is 0 Å². The Morgan fingerprint density at radius 3 is 2.57 bits per heavy atom. The van der Waals surface area contributed by atoms with Crippen LogP contribution in [0.15, 0.2) is 30.6 Å². The number of fused-ring (bicyclic) bond motifs is 1. The highest BCUT2D eigenvalue weighted by atomic mass is 19.1. The Bertz CT molecular complexity index is 917. The van der Waals surface area contributed by atoms with Gasteiger partial charge in [0.05, 0.1) is 25.2 Å². The molecule has 1 fully saturated rings. The predicted octanol–water partition coefficient (Wildman–Crippen LogP) is 2.67. The van der Waals surface area contributed by atoms with E-state index < -0.39 is 0 Å². The lowest BCUT2D eigenvalue weighted by Crippen LogP contribution is -2.44. The van der Waals surface area contributed by atoms with Gasteiger partial charge in [0.1, 0.15) is 11.9 Å². The molecule has 2 aromatic rings. The third kappa shape index (κ3) is 4.23. The maximum Gasteiger partial charge on any atom is 0.274 e. The van der Waals surface area contributed by atoms with E-state index in [1.54, 1.807) is 23.4 Å². The second-order valence-electron chi connectivity index (χ2n) is 8.27. The van der Waals surface area contributed by atoms with Crippen LogP contribution in [0.1, 0.15) is 54.5 Å². The summed E-state index contributed by atoms with van der Waals surface area (Å²) in [6.45, 7) is 5.78. The summed E-state index contributed by atoms with van der Waals surface area (Å²) in [4.78, 5) is 31.4. The number of imidazole rings is 1. The minimum Gasteiger partial charge on any atom is -0.365 e. The summed E-state index contributed by atoms with van der Waals surface area (Å²) in [5, 5.41) is 2.95. The van der Waals surface area contributed by atoms with Gasteiger partial charge in [0.25, 0.3) is 5.91 Å². The van der Waals surface area contributed by atoms with Crippen LogP contribution in [-0.4, -0.2) is 45.4 Å². The lowest BCUT2D eigenvalue weighted by Gasteiger charge is -2.32. The van der Waals surface area contributed by atoms with Crippen molar-refractivity contribution in [3.05, 3.63) is 53.4 Å². The van der Waals surface area contributed by atoms with Crippen LogP contribution in [0.3, 0.4) is 0 Å². The molecule has 2 amide bonds. The van der Waals surface area contributed by atoms with Crippen LogP contribution >= 0.6 is 0 Å². The summed E-state index contributed by atoms with van der Waals surface area (Å²) >= 11 is 0. The minimum atomic E-state index is -0.281. The van der Waals surface area contributed by atoms with E-state index in [9.17, 15) is 14.0 Å². The van der Waals surface area contributed by atoms with Crippen LogP contribution in [0.4, 0.5) is 4.39 Å². The van der Waals surface area contributed by atoms with Gasteiger partial charge < -0.3 is 19.5 Å². The summed E-state index contributed by atoms with van der Waals surface area (Å²) in [6, 6.07) is 6.39. The number of rotatable bonds is 4. The van der Waals surface area contributed by atoms with Crippen LogP contribution in [-0.2, 0) is 22.7 Å². The molecule has 1 saturated heterocycles. The van der Waals surface area contributed by atoms with Gasteiger partial charge >= 0.3 is 0 Å². The van der Waals surface area contributed by atoms with Gasteiger partial charge in [0, 0.05) is 25.0 Å². The van der Waals surface area contributed by atoms with Crippen molar-refractivity contribution >= 4 is 11.8 Å². The first-order valence-corrected chi connectivity index (χ1v) is 10.4. The monoisotopic (exact) mass is 414 g/mol. The van der Waals surface area contributed by atoms with Crippen molar-refractivity contribution in [2.45, 2.75) is 52.0 Å². The number of aromatic nitrogens is 2. The molecule has 160 valence electrons. The molecule has 0 saturated carbocycles. The molecule has 4 rings (SSSR count). The van der Waals surface area contributed by atoms with Gasteiger partial charge in [-0.1, -0.05) is 12.1 Å². The minimum absolute atomic E-state index is 0.0489. The van der Waals surface area contributed by atoms with Crippen LogP contribution in [0.5, 0.6) is 0 Å². The van der Waals surface area contributed by atoms with Crippen molar-refractivity contribution in [1.82, 2.24) is 19.8 Å². The molecule has 1 aromatic heterocycles. The molecule has 7 nitrogen and oxygen atoms in total. The highest BCUT2D eigenvalue weighted by Crippen LogP contribution is 2.29. The summed E-state index contributed by atoms with van der Waals surface area (Å²) in [6.07, 6.45) is 2.78. The van der Waals surface area contributed by atoms with E-state index >= 15 is 0 Å². The zero-order valence-corrected chi connectivity index (χ0v) is 17.3. The molecule has 30 heavy (non-hydrogen) atoms. The Labute approximate surface area is 175 Å². The van der Waals surface area contributed by atoms with E-state index in [4.69, 9.17) is 4.74 Å². The quantitative estimate of drug-likeness (QED) is 0.835. The van der Waals surface area contributed by atoms with Gasteiger partial charge in [-0.2, -0.15) is 0 Å². The fourth-order valence-corrected chi connectivity index (χ4v) is 4.08. The van der Waals surface area contributed by atoms with E-state index in [0.717, 1.165) is 11.3 Å². The zero-order chi connectivity index (χ0) is 21.3. The van der Waals surface area contributed by atoms with E-state index in [-0.39, 0.29) is 42.3 Å².